The molecular weight excluding hydrogens is 409 g/mol. The number of benzene rings is 1. The fourth-order valence-corrected chi connectivity index (χ4v) is 4.36. The predicted molar refractivity (Wildman–Crippen MR) is 74.6 cm³/mol. The molecule has 7 heteroatoms. The molecule has 1 heterocycles. The van der Waals surface area contributed by atoms with E-state index in [2.05, 4.69) is 31.9 Å². The van der Waals surface area contributed by atoms with Crippen molar-refractivity contribution in [3.05, 3.63) is 54.6 Å². The molecule has 100 valence electrons. The molecule has 0 saturated heterocycles. The lowest BCUT2D eigenvalue weighted by molar-refractivity contribution is -0.137. The summed E-state index contributed by atoms with van der Waals surface area (Å²) in [6.45, 7) is 0. The van der Waals surface area contributed by atoms with Crippen molar-refractivity contribution in [3.63, 3.8) is 0 Å². The van der Waals surface area contributed by atoms with Gasteiger partial charge >= 0.3 is 6.18 Å². The lowest BCUT2D eigenvalue weighted by atomic mass is 10.00. The highest BCUT2D eigenvalue weighted by Crippen LogP contribution is 2.36. The van der Waals surface area contributed by atoms with Gasteiger partial charge in [0.25, 0.3) is 0 Å². The minimum atomic E-state index is -4.55. The van der Waals surface area contributed by atoms with Crippen LogP contribution in [-0.4, -0.2) is 5.78 Å². The van der Waals surface area contributed by atoms with Crippen molar-refractivity contribution < 1.29 is 18.0 Å². The first-order valence-electron chi connectivity index (χ1n) is 4.96. The molecule has 0 saturated carbocycles. The molecule has 0 radical (unpaired) electrons. The zero-order valence-corrected chi connectivity index (χ0v) is 13.1. The van der Waals surface area contributed by atoms with Crippen molar-refractivity contribution in [1.29, 1.82) is 0 Å². The average molecular weight is 414 g/mol. The molecule has 1 nitrogen and oxygen atoms in total. The lowest BCUT2D eigenvalue weighted by Crippen LogP contribution is -2.13. The molecule has 0 N–H and O–H groups in total. The number of ketones is 1. The minimum Gasteiger partial charge on any atom is -0.289 e. The fourth-order valence-electron chi connectivity index (χ4n) is 1.57. The zero-order valence-electron chi connectivity index (χ0n) is 9.09. The van der Waals surface area contributed by atoms with Gasteiger partial charge < -0.3 is 0 Å². The molecule has 0 aliphatic heterocycles. The molecule has 0 amide bonds. The van der Waals surface area contributed by atoms with E-state index < -0.39 is 17.5 Å². The standard InChI is InChI=1S/C12H5Br2F3OS/c13-9-5-7(11(14)19-9)10(18)6-3-1-2-4-8(6)12(15,16)17/h1-5H. The third kappa shape index (κ3) is 3.09. The highest BCUT2D eigenvalue weighted by molar-refractivity contribution is 9.12. The second-order valence-electron chi connectivity index (χ2n) is 3.61. The molecule has 2 aromatic rings. The molecule has 0 unspecified atom stereocenters. The van der Waals surface area contributed by atoms with Gasteiger partial charge in [0, 0.05) is 11.1 Å². The number of hydrogen-bond donors (Lipinski definition) is 0. The van der Waals surface area contributed by atoms with Crippen molar-refractivity contribution in [2.45, 2.75) is 6.18 Å². The van der Waals surface area contributed by atoms with Crippen LogP contribution < -0.4 is 0 Å². The summed E-state index contributed by atoms with van der Waals surface area (Å²) in [5.74, 6) is -0.651. The number of halogens is 5. The van der Waals surface area contributed by atoms with Gasteiger partial charge in [0.1, 0.15) is 0 Å². The Morgan fingerprint density at radius 3 is 2.26 bits per heavy atom. The Balaban J connectivity index is 2.54. The molecule has 0 bridgehead atoms. The average Bonchev–Trinajstić information content (AvgIpc) is 2.66. The molecule has 0 aliphatic rings. The van der Waals surface area contributed by atoms with Gasteiger partial charge in [0.05, 0.1) is 13.1 Å². The van der Waals surface area contributed by atoms with E-state index in [9.17, 15) is 18.0 Å². The summed E-state index contributed by atoms with van der Waals surface area (Å²) in [5.41, 5.74) is -1.05. The minimum absolute atomic E-state index is 0.216. The van der Waals surface area contributed by atoms with Crippen LogP contribution in [0.2, 0.25) is 0 Å². The van der Waals surface area contributed by atoms with E-state index >= 15 is 0 Å². The highest BCUT2D eigenvalue weighted by Gasteiger charge is 2.35. The Hall–Kier alpha value is -0.660. The van der Waals surface area contributed by atoms with Crippen molar-refractivity contribution in [3.8, 4) is 0 Å². The maximum absolute atomic E-state index is 12.9. The maximum Gasteiger partial charge on any atom is 0.417 e. The van der Waals surface area contributed by atoms with E-state index in [1.165, 1.54) is 35.6 Å². The van der Waals surface area contributed by atoms with Gasteiger partial charge in [0.2, 0.25) is 0 Å². The molecule has 19 heavy (non-hydrogen) atoms. The zero-order chi connectivity index (χ0) is 14.2. The number of carbonyl (C=O) groups excluding carboxylic acids is 1. The maximum atomic E-state index is 12.9. The van der Waals surface area contributed by atoms with Crippen molar-refractivity contribution in [2.24, 2.45) is 0 Å². The van der Waals surface area contributed by atoms with E-state index in [0.717, 1.165) is 6.07 Å². The highest BCUT2D eigenvalue weighted by atomic mass is 79.9. The van der Waals surface area contributed by atoms with Crippen LogP contribution in [0.3, 0.4) is 0 Å². The first-order chi connectivity index (χ1) is 8.80. The van der Waals surface area contributed by atoms with Gasteiger partial charge in [-0.1, -0.05) is 18.2 Å². The first kappa shape index (κ1) is 14.7. The molecular formula is C12H5Br2F3OS. The van der Waals surface area contributed by atoms with Crippen molar-refractivity contribution in [1.82, 2.24) is 0 Å². The number of thiophene rings is 1. The third-order valence-electron chi connectivity index (χ3n) is 2.38. The molecule has 0 atom stereocenters. The summed E-state index contributed by atoms with van der Waals surface area (Å²) in [6, 6.07) is 6.27. The largest absolute Gasteiger partial charge is 0.417 e. The topological polar surface area (TPSA) is 17.1 Å². The molecule has 1 aromatic carbocycles. The van der Waals surface area contributed by atoms with E-state index in [-0.39, 0.29) is 11.1 Å². The van der Waals surface area contributed by atoms with Gasteiger partial charge in [-0.3, -0.25) is 4.79 Å². The van der Waals surface area contributed by atoms with Crippen molar-refractivity contribution >= 4 is 49.0 Å². The van der Waals surface area contributed by atoms with Gasteiger partial charge in [0.15, 0.2) is 5.78 Å². The number of carbonyl (C=O) groups is 1. The second kappa shape index (κ2) is 5.38. The number of alkyl halides is 3. The Labute approximate surface area is 127 Å². The Morgan fingerprint density at radius 1 is 1.11 bits per heavy atom. The van der Waals surface area contributed by atoms with Gasteiger partial charge in [-0.15, -0.1) is 11.3 Å². The van der Waals surface area contributed by atoms with Crippen LogP contribution in [0.1, 0.15) is 21.5 Å². The molecule has 2 rings (SSSR count). The Kier molecular flexibility index (Phi) is 4.17. The van der Waals surface area contributed by atoms with Gasteiger partial charge in [-0.2, -0.15) is 13.2 Å². The summed E-state index contributed by atoms with van der Waals surface area (Å²) in [7, 11) is 0. The number of rotatable bonds is 2. The van der Waals surface area contributed by atoms with E-state index in [0.29, 0.717) is 7.57 Å². The quantitative estimate of drug-likeness (QED) is 0.592. The third-order valence-corrected chi connectivity index (χ3v) is 4.72. The fraction of sp³-hybridized carbons (Fsp3) is 0.0833. The molecule has 0 spiro atoms. The summed E-state index contributed by atoms with van der Waals surface area (Å²) < 4.78 is 39.8. The summed E-state index contributed by atoms with van der Waals surface area (Å²) in [4.78, 5) is 12.2. The molecule has 0 fully saturated rings. The SMILES string of the molecule is O=C(c1ccccc1C(F)(F)F)c1cc(Br)sc1Br. The van der Waals surface area contributed by atoms with Crippen molar-refractivity contribution in [2.75, 3.05) is 0 Å². The Morgan fingerprint density at radius 2 is 1.74 bits per heavy atom. The second-order valence-corrected chi connectivity index (χ2v) is 7.36. The smallest absolute Gasteiger partial charge is 0.289 e. The normalized spacial score (nSPS) is 11.6. The van der Waals surface area contributed by atoms with E-state index in [4.69, 9.17) is 0 Å². The molecule has 0 aliphatic carbocycles. The Bertz CT molecular complexity index is 634. The van der Waals surface area contributed by atoms with Crippen LogP contribution in [0.5, 0.6) is 0 Å². The van der Waals surface area contributed by atoms with Crippen LogP contribution in [0.25, 0.3) is 0 Å². The first-order valence-corrected chi connectivity index (χ1v) is 7.36. The van der Waals surface area contributed by atoms with Crippen LogP contribution in [0, 0.1) is 0 Å². The van der Waals surface area contributed by atoms with E-state index in [1.807, 2.05) is 0 Å². The van der Waals surface area contributed by atoms with Crippen LogP contribution in [0.15, 0.2) is 37.9 Å². The van der Waals surface area contributed by atoms with Gasteiger partial charge in [-0.25, -0.2) is 0 Å². The van der Waals surface area contributed by atoms with Crippen LogP contribution in [0.4, 0.5) is 13.2 Å². The van der Waals surface area contributed by atoms with E-state index in [1.54, 1.807) is 0 Å². The predicted octanol–water partition coefficient (Wildman–Crippen LogP) is 5.52. The lowest BCUT2D eigenvalue weighted by Gasteiger charge is -2.11. The summed E-state index contributed by atoms with van der Waals surface area (Å²) >= 11 is 7.61. The number of hydrogen-bond acceptors (Lipinski definition) is 2. The summed E-state index contributed by atoms with van der Waals surface area (Å²) in [6.07, 6.45) is -4.55. The monoisotopic (exact) mass is 412 g/mol. The molecule has 1 aromatic heterocycles. The summed E-state index contributed by atoms with van der Waals surface area (Å²) in [5, 5.41) is 0. The van der Waals surface area contributed by atoms with Gasteiger partial charge in [-0.05, 0) is 44.0 Å². The van der Waals surface area contributed by atoms with Crippen LogP contribution >= 0.6 is 43.2 Å². The van der Waals surface area contributed by atoms with Crippen LogP contribution in [-0.2, 0) is 6.18 Å².